The van der Waals surface area contributed by atoms with Gasteiger partial charge < -0.3 is 19.5 Å². The lowest BCUT2D eigenvalue weighted by atomic mass is 9.88. The predicted molar refractivity (Wildman–Crippen MR) is 151 cm³/mol. The molecule has 0 radical (unpaired) electrons. The van der Waals surface area contributed by atoms with Crippen molar-refractivity contribution < 1.29 is 37.3 Å². The minimum atomic E-state index is -4.93. The molecular formula is C31H33F3N4O5. The van der Waals surface area contributed by atoms with Crippen molar-refractivity contribution in [1.82, 2.24) is 19.7 Å². The number of aryl methyl sites for hydroxylation is 1. The van der Waals surface area contributed by atoms with Crippen molar-refractivity contribution in [3.8, 4) is 11.6 Å². The van der Waals surface area contributed by atoms with Crippen LogP contribution in [0.5, 0.6) is 5.75 Å². The van der Waals surface area contributed by atoms with E-state index in [0.29, 0.717) is 48.6 Å². The lowest BCUT2D eigenvalue weighted by Crippen LogP contribution is -2.37. The number of hydrogen-bond donors (Lipinski definition) is 1. The van der Waals surface area contributed by atoms with Gasteiger partial charge in [-0.15, -0.1) is 0 Å². The molecule has 3 aromatic rings. The number of benzene rings is 1. The van der Waals surface area contributed by atoms with Gasteiger partial charge in [0.05, 0.1) is 19.0 Å². The number of ether oxygens (including phenoxy) is 2. The molecule has 2 aromatic heterocycles. The number of allylic oxidation sites excluding steroid dienone is 1. The van der Waals surface area contributed by atoms with Crippen molar-refractivity contribution in [2.24, 2.45) is 0 Å². The number of alkyl halides is 3. The number of carbonyl (C=O) groups excluding carboxylic acids is 1. The molecule has 5 rings (SSSR count). The molecule has 0 saturated carbocycles. The fraction of sp³-hybridized carbons (Fsp3) is 0.419. The van der Waals surface area contributed by atoms with Crippen LogP contribution in [0.2, 0.25) is 0 Å². The molecule has 1 aliphatic heterocycles. The van der Waals surface area contributed by atoms with Gasteiger partial charge in [-0.05, 0) is 91.8 Å². The first-order valence-electron chi connectivity index (χ1n) is 14.2. The monoisotopic (exact) mass is 598 g/mol. The molecular weight excluding hydrogens is 565 g/mol. The number of methoxy groups -OCH3 is 1. The molecule has 2 aliphatic rings. The lowest BCUT2D eigenvalue weighted by Gasteiger charge is -2.31. The highest BCUT2D eigenvalue weighted by molar-refractivity contribution is 5.89. The SMILES string of the molecule is COC(=O)N1CCC(c2ccc(OCC3=C(c4cccc(-n5ncc(C(=O)O)c5C(F)(F)F)n4)CCCC3)c(C)c2)CC1. The number of carbonyl (C=O) groups is 2. The maximum atomic E-state index is 13.8. The molecule has 0 bridgehead atoms. The van der Waals surface area contributed by atoms with E-state index < -0.39 is 23.4 Å². The number of nitrogens with zero attached hydrogens (tertiary/aromatic N) is 4. The van der Waals surface area contributed by atoms with Gasteiger partial charge in [0.25, 0.3) is 0 Å². The third-order valence-corrected chi connectivity index (χ3v) is 8.11. The molecule has 43 heavy (non-hydrogen) atoms. The maximum Gasteiger partial charge on any atom is 0.434 e. The Balaban J connectivity index is 1.34. The van der Waals surface area contributed by atoms with Gasteiger partial charge in [0.1, 0.15) is 17.9 Å². The second kappa shape index (κ2) is 12.5. The first-order chi connectivity index (χ1) is 20.6. The second-order valence-corrected chi connectivity index (χ2v) is 10.8. The van der Waals surface area contributed by atoms with Gasteiger partial charge >= 0.3 is 18.2 Å². The Morgan fingerprint density at radius 3 is 2.51 bits per heavy atom. The van der Waals surface area contributed by atoms with Gasteiger partial charge in [-0.25, -0.2) is 19.3 Å². The number of aromatic nitrogens is 3. The van der Waals surface area contributed by atoms with Crippen LogP contribution in [0.25, 0.3) is 11.4 Å². The zero-order valence-corrected chi connectivity index (χ0v) is 24.0. The zero-order valence-electron chi connectivity index (χ0n) is 24.0. The van der Waals surface area contributed by atoms with E-state index in [1.807, 2.05) is 13.0 Å². The Morgan fingerprint density at radius 1 is 1.09 bits per heavy atom. The standard InChI is InChI=1S/C31H33F3N4O5/c1-19-16-21(20-12-14-37(15-13-20)30(41)42-2)10-11-26(19)43-18-22-6-3-4-7-23(22)25-8-5-9-27(36-25)38-28(31(32,33)34)24(17-35-38)29(39)40/h5,8-11,16-17,20H,3-4,6-7,12-15,18H2,1-2H3,(H,39,40). The van der Waals surface area contributed by atoms with E-state index in [2.05, 4.69) is 22.2 Å². The summed E-state index contributed by atoms with van der Waals surface area (Å²) in [4.78, 5) is 29.4. The van der Waals surface area contributed by atoms with Crippen LogP contribution in [0.3, 0.4) is 0 Å². The van der Waals surface area contributed by atoms with Crippen molar-refractivity contribution in [3.63, 3.8) is 0 Å². The highest BCUT2D eigenvalue weighted by Gasteiger charge is 2.41. The Bertz CT molecular complexity index is 1540. The van der Waals surface area contributed by atoms with E-state index in [4.69, 9.17) is 9.47 Å². The van der Waals surface area contributed by atoms with Gasteiger partial charge in [-0.1, -0.05) is 18.2 Å². The number of carboxylic acids is 1. The van der Waals surface area contributed by atoms with Crippen LogP contribution in [-0.4, -0.2) is 63.6 Å². The van der Waals surface area contributed by atoms with Gasteiger partial charge in [-0.2, -0.15) is 18.3 Å². The molecule has 0 atom stereocenters. The van der Waals surface area contributed by atoms with E-state index in [-0.39, 0.29) is 11.9 Å². The summed E-state index contributed by atoms with van der Waals surface area (Å²) in [6.07, 6.45) is 0.524. The number of amides is 1. The number of rotatable bonds is 7. The van der Waals surface area contributed by atoms with Crippen molar-refractivity contribution in [3.05, 3.63) is 76.2 Å². The molecule has 1 saturated heterocycles. The van der Waals surface area contributed by atoms with Gasteiger partial charge in [-0.3, -0.25) is 0 Å². The summed E-state index contributed by atoms with van der Waals surface area (Å²) in [6, 6.07) is 10.9. The van der Waals surface area contributed by atoms with E-state index in [1.165, 1.54) is 18.7 Å². The number of carboxylic acid groups (broad SMARTS) is 1. The van der Waals surface area contributed by atoms with Crippen LogP contribution in [0.1, 0.15) is 77.3 Å². The number of hydrogen-bond acceptors (Lipinski definition) is 6. The topological polar surface area (TPSA) is 107 Å². The average Bonchev–Trinajstić information content (AvgIpc) is 3.47. The fourth-order valence-corrected chi connectivity index (χ4v) is 5.87. The third-order valence-electron chi connectivity index (χ3n) is 8.11. The zero-order chi connectivity index (χ0) is 30.7. The Morgan fingerprint density at radius 2 is 1.84 bits per heavy atom. The van der Waals surface area contributed by atoms with E-state index in [9.17, 15) is 27.9 Å². The number of pyridine rings is 1. The van der Waals surface area contributed by atoms with Crippen LogP contribution in [-0.2, 0) is 10.9 Å². The molecule has 1 fully saturated rings. The normalized spacial score (nSPS) is 16.3. The summed E-state index contributed by atoms with van der Waals surface area (Å²) in [5.41, 5.74) is 2.35. The number of halogens is 3. The fourth-order valence-electron chi connectivity index (χ4n) is 5.87. The van der Waals surface area contributed by atoms with Crippen molar-refractivity contribution in [2.45, 2.75) is 57.5 Å². The smallest absolute Gasteiger partial charge is 0.434 e. The van der Waals surface area contributed by atoms with Crippen LogP contribution in [0, 0.1) is 6.92 Å². The summed E-state index contributed by atoms with van der Waals surface area (Å²) in [5, 5.41) is 13.0. The highest BCUT2D eigenvalue weighted by atomic mass is 19.4. The Kier molecular flexibility index (Phi) is 8.74. The Hall–Kier alpha value is -4.35. The highest BCUT2D eigenvalue weighted by Crippen LogP contribution is 2.36. The molecule has 0 spiro atoms. The molecule has 1 aromatic carbocycles. The minimum Gasteiger partial charge on any atom is -0.489 e. The summed E-state index contributed by atoms with van der Waals surface area (Å²) >= 11 is 0. The molecule has 1 aliphatic carbocycles. The average molecular weight is 599 g/mol. The van der Waals surface area contributed by atoms with E-state index in [0.717, 1.165) is 54.6 Å². The summed E-state index contributed by atoms with van der Waals surface area (Å²) in [5.74, 6) is -0.725. The largest absolute Gasteiger partial charge is 0.489 e. The number of likely N-dealkylation sites (tertiary alicyclic amines) is 1. The van der Waals surface area contributed by atoms with Crippen molar-refractivity contribution in [1.29, 1.82) is 0 Å². The molecule has 9 nitrogen and oxygen atoms in total. The predicted octanol–water partition coefficient (Wildman–Crippen LogP) is 6.65. The van der Waals surface area contributed by atoms with Gasteiger partial charge in [0.15, 0.2) is 11.5 Å². The maximum absolute atomic E-state index is 13.8. The van der Waals surface area contributed by atoms with Crippen molar-refractivity contribution in [2.75, 3.05) is 26.8 Å². The molecule has 228 valence electrons. The molecule has 12 heteroatoms. The molecule has 1 N–H and O–H groups in total. The van der Waals surface area contributed by atoms with E-state index >= 15 is 0 Å². The summed E-state index contributed by atoms with van der Waals surface area (Å²) in [7, 11) is 1.39. The van der Waals surface area contributed by atoms with Gasteiger partial charge in [0.2, 0.25) is 0 Å². The summed E-state index contributed by atoms with van der Waals surface area (Å²) in [6.45, 7) is 3.62. The first-order valence-corrected chi connectivity index (χ1v) is 14.2. The van der Waals surface area contributed by atoms with Crippen molar-refractivity contribution >= 4 is 17.6 Å². The van der Waals surface area contributed by atoms with Crippen LogP contribution in [0.15, 0.2) is 48.2 Å². The van der Waals surface area contributed by atoms with Crippen LogP contribution >= 0.6 is 0 Å². The second-order valence-electron chi connectivity index (χ2n) is 10.8. The molecule has 0 unspecified atom stereocenters. The molecule has 3 heterocycles. The first kappa shape index (κ1) is 30.1. The van der Waals surface area contributed by atoms with E-state index in [1.54, 1.807) is 17.0 Å². The molecule has 1 amide bonds. The number of aromatic carboxylic acids is 1. The van der Waals surface area contributed by atoms with Crippen LogP contribution < -0.4 is 4.74 Å². The third kappa shape index (κ3) is 6.52. The minimum absolute atomic E-state index is 0.112. The quantitative estimate of drug-likeness (QED) is 0.325. The van der Waals surface area contributed by atoms with Crippen LogP contribution in [0.4, 0.5) is 18.0 Å². The lowest BCUT2D eigenvalue weighted by molar-refractivity contribution is -0.143. The number of piperidine rings is 1. The van der Waals surface area contributed by atoms with Gasteiger partial charge in [0, 0.05) is 13.1 Å². The Labute approximate surface area is 246 Å². The summed E-state index contributed by atoms with van der Waals surface area (Å²) < 4.78 is 53.0.